The van der Waals surface area contributed by atoms with E-state index in [2.05, 4.69) is 8.56 Å². The van der Waals surface area contributed by atoms with Gasteiger partial charge in [-0.3, -0.25) is 4.18 Å². The number of hydrogen-bond donors (Lipinski definition) is 0. The first-order valence-corrected chi connectivity index (χ1v) is 8.23. The molecule has 0 aliphatic heterocycles. The Labute approximate surface area is 123 Å². The van der Waals surface area contributed by atoms with Gasteiger partial charge in [-0.1, -0.05) is 30.3 Å². The lowest BCUT2D eigenvalue weighted by Crippen LogP contribution is -2.09. The highest BCUT2D eigenvalue weighted by Crippen LogP contribution is 2.40. The lowest BCUT2D eigenvalue weighted by atomic mass is 10.1. The summed E-state index contributed by atoms with van der Waals surface area (Å²) < 4.78 is 69.2. The Hall–Kier alpha value is -1.45. The molecule has 0 bridgehead atoms. The van der Waals surface area contributed by atoms with Gasteiger partial charge in [-0.2, -0.15) is 26.0 Å². The molecular formula is C12H10F3NO3S2. The van der Waals surface area contributed by atoms with Gasteiger partial charge in [0.2, 0.25) is 0 Å². The van der Waals surface area contributed by atoms with Crippen LogP contribution in [0.5, 0.6) is 0 Å². The molecule has 21 heavy (non-hydrogen) atoms. The minimum absolute atomic E-state index is 0.0802. The molecule has 114 valence electrons. The lowest BCUT2D eigenvalue weighted by Gasteiger charge is -2.08. The van der Waals surface area contributed by atoms with Crippen molar-refractivity contribution in [1.82, 2.24) is 4.37 Å². The topological polar surface area (TPSA) is 56.3 Å². The maximum absolute atomic E-state index is 13.0. The molecule has 0 N–H and O–H groups in total. The van der Waals surface area contributed by atoms with Gasteiger partial charge in [0.15, 0.2) is 0 Å². The molecule has 4 nitrogen and oxygen atoms in total. The molecule has 0 fully saturated rings. The third kappa shape index (κ3) is 4.02. The molecular weight excluding hydrogens is 327 g/mol. The van der Waals surface area contributed by atoms with Gasteiger partial charge < -0.3 is 0 Å². The molecule has 0 saturated heterocycles. The molecule has 0 amide bonds. The minimum Gasteiger partial charge on any atom is -0.265 e. The average Bonchev–Trinajstić information content (AvgIpc) is 2.80. The molecule has 1 heterocycles. The van der Waals surface area contributed by atoms with E-state index >= 15 is 0 Å². The molecule has 1 aromatic carbocycles. The molecule has 2 aromatic rings. The molecule has 1 aromatic heterocycles. The van der Waals surface area contributed by atoms with Crippen molar-refractivity contribution in [3.8, 4) is 11.3 Å². The maximum Gasteiger partial charge on any atom is 0.427 e. The molecule has 0 aliphatic rings. The minimum atomic E-state index is -4.61. The third-order valence-electron chi connectivity index (χ3n) is 2.51. The fourth-order valence-electron chi connectivity index (χ4n) is 1.65. The molecule has 0 atom stereocenters. The Bertz CT molecular complexity index is 724. The SMILES string of the molecule is CS(=O)(=O)OCc1c(-c2ccccc2)nsc1C(F)(F)F. The number of aromatic nitrogens is 1. The zero-order valence-corrected chi connectivity index (χ0v) is 12.3. The van der Waals surface area contributed by atoms with Crippen molar-refractivity contribution in [1.29, 1.82) is 0 Å². The highest BCUT2D eigenvalue weighted by atomic mass is 32.2. The van der Waals surface area contributed by atoms with Crippen molar-refractivity contribution in [2.24, 2.45) is 0 Å². The van der Waals surface area contributed by atoms with Crippen molar-refractivity contribution in [2.45, 2.75) is 12.8 Å². The van der Waals surface area contributed by atoms with E-state index in [1.54, 1.807) is 30.3 Å². The summed E-state index contributed by atoms with van der Waals surface area (Å²) in [4.78, 5) is -0.954. The standard InChI is InChI=1S/C12H10F3NO3S2/c1-21(17,18)19-7-9-10(8-5-3-2-4-6-8)16-20-11(9)12(13,14)15/h2-6H,7H2,1H3. The van der Waals surface area contributed by atoms with E-state index in [-0.39, 0.29) is 22.8 Å². The van der Waals surface area contributed by atoms with Crippen LogP contribution in [-0.2, 0) is 27.1 Å². The average molecular weight is 337 g/mol. The van der Waals surface area contributed by atoms with Crippen molar-refractivity contribution in [2.75, 3.05) is 6.26 Å². The van der Waals surface area contributed by atoms with E-state index in [9.17, 15) is 21.6 Å². The highest BCUT2D eigenvalue weighted by Gasteiger charge is 2.38. The Morgan fingerprint density at radius 2 is 1.86 bits per heavy atom. The zero-order chi connectivity index (χ0) is 15.7. The van der Waals surface area contributed by atoms with Crippen LogP contribution in [0.2, 0.25) is 0 Å². The largest absolute Gasteiger partial charge is 0.427 e. The summed E-state index contributed by atoms with van der Waals surface area (Å²) in [6.07, 6.45) is -3.83. The van der Waals surface area contributed by atoms with E-state index in [1.165, 1.54) is 0 Å². The summed E-state index contributed by atoms with van der Waals surface area (Å²) in [5, 5.41) is 0. The van der Waals surface area contributed by atoms with Gasteiger partial charge in [-0.15, -0.1) is 0 Å². The molecule has 0 radical (unpaired) electrons. The van der Waals surface area contributed by atoms with Gasteiger partial charge in [0.1, 0.15) is 4.88 Å². The zero-order valence-electron chi connectivity index (χ0n) is 10.7. The number of halogens is 3. The Morgan fingerprint density at radius 3 is 2.38 bits per heavy atom. The van der Waals surface area contributed by atoms with Gasteiger partial charge in [-0.05, 0) is 11.5 Å². The first kappa shape index (κ1) is 15.9. The number of hydrogen-bond acceptors (Lipinski definition) is 5. The van der Waals surface area contributed by atoms with Crippen LogP contribution in [-0.4, -0.2) is 19.0 Å². The first-order valence-electron chi connectivity index (χ1n) is 5.64. The van der Waals surface area contributed by atoms with Gasteiger partial charge >= 0.3 is 6.18 Å². The van der Waals surface area contributed by atoms with Gasteiger partial charge in [0.25, 0.3) is 10.1 Å². The van der Waals surface area contributed by atoms with Crippen LogP contribution in [0.3, 0.4) is 0 Å². The molecule has 0 spiro atoms. The molecule has 0 unspecified atom stereocenters. The molecule has 0 aliphatic carbocycles. The van der Waals surface area contributed by atoms with Crippen LogP contribution in [0.4, 0.5) is 13.2 Å². The Kier molecular flexibility index (Phi) is 4.35. The number of alkyl halides is 3. The van der Waals surface area contributed by atoms with Gasteiger partial charge in [0, 0.05) is 11.1 Å². The normalized spacial score (nSPS) is 12.6. The van der Waals surface area contributed by atoms with Crippen LogP contribution in [0.15, 0.2) is 30.3 Å². The smallest absolute Gasteiger partial charge is 0.265 e. The summed E-state index contributed by atoms with van der Waals surface area (Å²) in [5.41, 5.74) is 0.275. The van der Waals surface area contributed by atoms with Gasteiger partial charge in [0.05, 0.1) is 18.6 Å². The van der Waals surface area contributed by atoms with Crippen LogP contribution in [0.25, 0.3) is 11.3 Å². The molecule has 9 heteroatoms. The van der Waals surface area contributed by atoms with E-state index in [0.29, 0.717) is 5.56 Å². The van der Waals surface area contributed by atoms with Crippen LogP contribution in [0.1, 0.15) is 10.4 Å². The highest BCUT2D eigenvalue weighted by molar-refractivity contribution is 7.85. The summed E-state index contributed by atoms with van der Waals surface area (Å²) in [5.74, 6) is 0. The Balaban J connectivity index is 2.49. The summed E-state index contributed by atoms with van der Waals surface area (Å²) in [6, 6.07) is 8.22. The number of rotatable bonds is 4. The van der Waals surface area contributed by atoms with Crippen molar-refractivity contribution in [3.63, 3.8) is 0 Å². The van der Waals surface area contributed by atoms with Crippen LogP contribution < -0.4 is 0 Å². The number of benzene rings is 1. The van der Waals surface area contributed by atoms with Crippen LogP contribution in [0, 0.1) is 0 Å². The van der Waals surface area contributed by atoms with E-state index in [1.807, 2.05) is 0 Å². The second-order valence-electron chi connectivity index (χ2n) is 4.17. The monoisotopic (exact) mass is 337 g/mol. The predicted molar refractivity (Wildman–Crippen MR) is 72.2 cm³/mol. The third-order valence-corrected chi connectivity index (χ3v) is 3.99. The van der Waals surface area contributed by atoms with E-state index in [4.69, 9.17) is 0 Å². The molecule has 0 saturated carbocycles. The predicted octanol–water partition coefficient (Wildman–Crippen LogP) is 3.31. The lowest BCUT2D eigenvalue weighted by molar-refractivity contribution is -0.135. The number of nitrogens with zero attached hydrogens (tertiary/aromatic N) is 1. The first-order chi connectivity index (χ1) is 9.68. The summed E-state index contributed by atoms with van der Waals surface area (Å²) >= 11 is 0.279. The summed E-state index contributed by atoms with van der Waals surface area (Å²) in [7, 11) is -3.85. The van der Waals surface area contributed by atoms with E-state index in [0.717, 1.165) is 6.26 Å². The van der Waals surface area contributed by atoms with Crippen molar-refractivity contribution in [3.05, 3.63) is 40.8 Å². The quantitative estimate of drug-likeness (QED) is 0.803. The fourth-order valence-corrected chi connectivity index (χ4v) is 2.75. The van der Waals surface area contributed by atoms with Gasteiger partial charge in [-0.25, -0.2) is 0 Å². The second-order valence-corrected chi connectivity index (χ2v) is 6.59. The maximum atomic E-state index is 13.0. The Morgan fingerprint density at radius 1 is 1.24 bits per heavy atom. The van der Waals surface area contributed by atoms with Crippen LogP contribution >= 0.6 is 11.5 Å². The second kappa shape index (κ2) is 5.74. The van der Waals surface area contributed by atoms with E-state index < -0.39 is 27.8 Å². The molecule has 2 rings (SSSR count). The fraction of sp³-hybridized carbons (Fsp3) is 0.250. The summed E-state index contributed by atoms with van der Waals surface area (Å²) in [6.45, 7) is -0.700. The van der Waals surface area contributed by atoms with Crippen molar-refractivity contribution < 1.29 is 25.8 Å². The van der Waals surface area contributed by atoms with Crippen molar-refractivity contribution >= 4 is 21.7 Å².